The van der Waals surface area contributed by atoms with Crippen LogP contribution < -0.4 is 5.32 Å². The molecule has 1 N–H and O–H groups in total. The standard InChI is InChI=1S/C20H17ClN2O/c1-12-11-13(21)9-10-16(12)23-20(24)19-14-5-2-3-7-17(14)22-18-8-4-6-15(18)19/h2-3,5,7,9-11H,4,6,8H2,1H3,(H,23,24). The summed E-state index contributed by atoms with van der Waals surface area (Å²) in [6, 6.07) is 13.4. The van der Waals surface area contributed by atoms with Crippen LogP contribution in [0.4, 0.5) is 5.69 Å². The maximum Gasteiger partial charge on any atom is 0.256 e. The molecular formula is C20H17ClN2O. The number of benzene rings is 2. The van der Waals surface area contributed by atoms with Crippen LogP contribution in [0.3, 0.4) is 0 Å². The Labute approximate surface area is 145 Å². The monoisotopic (exact) mass is 336 g/mol. The van der Waals surface area contributed by atoms with Crippen molar-refractivity contribution in [2.45, 2.75) is 26.2 Å². The number of para-hydroxylation sites is 1. The van der Waals surface area contributed by atoms with Crippen LogP contribution in [0.15, 0.2) is 42.5 Å². The molecule has 0 atom stereocenters. The van der Waals surface area contributed by atoms with Crippen molar-refractivity contribution in [2.75, 3.05) is 5.32 Å². The van der Waals surface area contributed by atoms with Crippen LogP contribution >= 0.6 is 11.6 Å². The van der Waals surface area contributed by atoms with Gasteiger partial charge in [0.1, 0.15) is 0 Å². The number of aryl methyl sites for hydroxylation is 2. The fourth-order valence-electron chi connectivity index (χ4n) is 3.42. The Morgan fingerprint density at radius 3 is 2.83 bits per heavy atom. The number of carbonyl (C=O) groups is 1. The van der Waals surface area contributed by atoms with E-state index in [2.05, 4.69) is 5.32 Å². The number of pyridine rings is 1. The number of fused-ring (bicyclic) bond motifs is 2. The van der Waals surface area contributed by atoms with Gasteiger partial charge in [-0.2, -0.15) is 0 Å². The summed E-state index contributed by atoms with van der Waals surface area (Å²) in [5.41, 5.74) is 5.55. The van der Waals surface area contributed by atoms with E-state index in [1.165, 1.54) is 0 Å². The van der Waals surface area contributed by atoms with Crippen LogP contribution in [-0.2, 0) is 12.8 Å². The molecule has 0 bridgehead atoms. The molecule has 4 rings (SSSR count). The maximum absolute atomic E-state index is 13.1. The predicted octanol–water partition coefficient (Wildman–Crippen LogP) is 4.94. The van der Waals surface area contributed by atoms with Crippen LogP contribution in [0.25, 0.3) is 10.9 Å². The van der Waals surface area contributed by atoms with Crippen molar-refractivity contribution < 1.29 is 4.79 Å². The summed E-state index contributed by atoms with van der Waals surface area (Å²) in [4.78, 5) is 17.8. The highest BCUT2D eigenvalue weighted by atomic mass is 35.5. The highest BCUT2D eigenvalue weighted by Crippen LogP contribution is 2.31. The SMILES string of the molecule is Cc1cc(Cl)ccc1NC(=O)c1c2c(nc3ccccc13)CCC2. The molecule has 120 valence electrons. The van der Waals surface area contributed by atoms with Gasteiger partial charge in [0, 0.05) is 21.8 Å². The third-order valence-corrected chi connectivity index (χ3v) is 4.82. The van der Waals surface area contributed by atoms with E-state index in [1.54, 1.807) is 6.07 Å². The Hall–Kier alpha value is -2.39. The number of anilines is 1. The Balaban J connectivity index is 1.82. The first-order valence-electron chi connectivity index (χ1n) is 8.11. The Bertz CT molecular complexity index is 965. The minimum atomic E-state index is -0.0721. The van der Waals surface area contributed by atoms with Crippen molar-refractivity contribution in [3.63, 3.8) is 0 Å². The molecule has 0 fully saturated rings. The van der Waals surface area contributed by atoms with Gasteiger partial charge in [-0.1, -0.05) is 29.8 Å². The molecular weight excluding hydrogens is 320 g/mol. The average Bonchev–Trinajstić information content (AvgIpc) is 3.02. The number of halogens is 1. The highest BCUT2D eigenvalue weighted by molar-refractivity contribution is 6.30. The fraction of sp³-hybridized carbons (Fsp3) is 0.200. The van der Waals surface area contributed by atoms with E-state index in [0.29, 0.717) is 5.02 Å². The summed E-state index contributed by atoms with van der Waals surface area (Å²) in [6.45, 7) is 1.94. The van der Waals surface area contributed by atoms with Gasteiger partial charge in [-0.05, 0) is 61.6 Å². The van der Waals surface area contributed by atoms with Crippen molar-refractivity contribution in [3.05, 3.63) is 69.9 Å². The van der Waals surface area contributed by atoms with Crippen LogP contribution in [0, 0.1) is 6.92 Å². The van der Waals surface area contributed by atoms with Gasteiger partial charge in [0.15, 0.2) is 0 Å². The lowest BCUT2D eigenvalue weighted by atomic mass is 10.0. The summed E-state index contributed by atoms with van der Waals surface area (Å²) >= 11 is 6.00. The predicted molar refractivity (Wildman–Crippen MR) is 97.9 cm³/mol. The number of hydrogen-bond donors (Lipinski definition) is 1. The first-order chi connectivity index (χ1) is 11.6. The average molecular weight is 337 g/mol. The molecule has 0 radical (unpaired) electrons. The number of nitrogens with zero attached hydrogens (tertiary/aromatic N) is 1. The van der Waals surface area contributed by atoms with Crippen molar-refractivity contribution in [2.24, 2.45) is 0 Å². The van der Waals surface area contributed by atoms with Crippen LogP contribution in [-0.4, -0.2) is 10.9 Å². The van der Waals surface area contributed by atoms with Crippen molar-refractivity contribution >= 4 is 34.1 Å². The van der Waals surface area contributed by atoms with E-state index >= 15 is 0 Å². The second-order valence-electron chi connectivity index (χ2n) is 6.20. The quantitative estimate of drug-likeness (QED) is 0.720. The molecule has 3 nitrogen and oxygen atoms in total. The number of nitrogens with one attached hydrogen (secondary N) is 1. The fourth-order valence-corrected chi connectivity index (χ4v) is 3.65. The first-order valence-corrected chi connectivity index (χ1v) is 8.49. The molecule has 0 saturated carbocycles. The highest BCUT2D eigenvalue weighted by Gasteiger charge is 2.23. The Kier molecular flexibility index (Phi) is 3.73. The summed E-state index contributed by atoms with van der Waals surface area (Å²) in [5.74, 6) is -0.0721. The van der Waals surface area contributed by atoms with Crippen LogP contribution in [0.5, 0.6) is 0 Å². The van der Waals surface area contributed by atoms with Crippen molar-refractivity contribution in [1.29, 1.82) is 0 Å². The van der Waals surface area contributed by atoms with Crippen molar-refractivity contribution in [1.82, 2.24) is 4.98 Å². The van der Waals surface area contributed by atoms with E-state index in [4.69, 9.17) is 16.6 Å². The summed E-state index contributed by atoms with van der Waals surface area (Å²) in [5, 5.41) is 4.64. The van der Waals surface area contributed by atoms with Gasteiger partial charge in [0.2, 0.25) is 0 Å². The first kappa shape index (κ1) is 15.2. The molecule has 1 amide bonds. The van der Waals surface area contributed by atoms with Gasteiger partial charge in [0.25, 0.3) is 5.91 Å². The van der Waals surface area contributed by atoms with Gasteiger partial charge < -0.3 is 5.32 Å². The number of amides is 1. The van der Waals surface area contributed by atoms with Crippen molar-refractivity contribution in [3.8, 4) is 0 Å². The molecule has 3 aromatic rings. The van der Waals surface area contributed by atoms with Gasteiger partial charge in [-0.3, -0.25) is 9.78 Å². The number of carbonyl (C=O) groups excluding carboxylic acids is 1. The lowest BCUT2D eigenvalue weighted by molar-refractivity contribution is 0.102. The van der Waals surface area contributed by atoms with Crippen LogP contribution in [0.2, 0.25) is 5.02 Å². The molecule has 24 heavy (non-hydrogen) atoms. The molecule has 1 heterocycles. The topological polar surface area (TPSA) is 42.0 Å². The summed E-state index contributed by atoms with van der Waals surface area (Å²) in [6.07, 6.45) is 2.91. The van der Waals surface area contributed by atoms with Gasteiger partial charge in [-0.25, -0.2) is 0 Å². The summed E-state index contributed by atoms with van der Waals surface area (Å²) < 4.78 is 0. The molecule has 0 aliphatic heterocycles. The second-order valence-corrected chi connectivity index (χ2v) is 6.63. The molecule has 1 aromatic heterocycles. The van der Waals surface area contributed by atoms with E-state index in [9.17, 15) is 4.79 Å². The molecule has 0 unspecified atom stereocenters. The minimum absolute atomic E-state index is 0.0721. The zero-order valence-electron chi connectivity index (χ0n) is 13.4. The molecule has 1 aliphatic carbocycles. The molecule has 0 saturated heterocycles. The molecule has 4 heteroatoms. The molecule has 0 spiro atoms. The minimum Gasteiger partial charge on any atom is -0.322 e. The van der Waals surface area contributed by atoms with E-state index < -0.39 is 0 Å². The van der Waals surface area contributed by atoms with E-state index in [0.717, 1.165) is 58.2 Å². The molecule has 2 aromatic carbocycles. The maximum atomic E-state index is 13.1. The normalized spacial score (nSPS) is 13.1. The molecule has 1 aliphatic rings. The Morgan fingerprint density at radius 1 is 1.17 bits per heavy atom. The number of aromatic nitrogens is 1. The van der Waals surface area contributed by atoms with Gasteiger partial charge in [0.05, 0.1) is 11.1 Å². The number of rotatable bonds is 2. The zero-order valence-corrected chi connectivity index (χ0v) is 14.2. The lowest BCUT2D eigenvalue weighted by Gasteiger charge is -2.14. The third-order valence-electron chi connectivity index (χ3n) is 4.58. The van der Waals surface area contributed by atoms with Gasteiger partial charge >= 0.3 is 0 Å². The summed E-state index contributed by atoms with van der Waals surface area (Å²) in [7, 11) is 0. The Morgan fingerprint density at radius 2 is 2.00 bits per heavy atom. The lowest BCUT2D eigenvalue weighted by Crippen LogP contribution is -2.16. The van der Waals surface area contributed by atoms with Crippen LogP contribution in [0.1, 0.15) is 33.6 Å². The zero-order chi connectivity index (χ0) is 16.7. The van der Waals surface area contributed by atoms with E-state index in [-0.39, 0.29) is 5.91 Å². The second kappa shape index (κ2) is 5.91. The number of hydrogen-bond acceptors (Lipinski definition) is 2. The third kappa shape index (κ3) is 2.55. The van der Waals surface area contributed by atoms with Gasteiger partial charge in [-0.15, -0.1) is 0 Å². The smallest absolute Gasteiger partial charge is 0.256 e. The largest absolute Gasteiger partial charge is 0.322 e. The van der Waals surface area contributed by atoms with E-state index in [1.807, 2.05) is 43.3 Å².